The number of hydrogen-bond donors (Lipinski definition) is 2. The van der Waals surface area contributed by atoms with Gasteiger partial charge in [-0.3, -0.25) is 9.80 Å². The fourth-order valence-electron chi connectivity index (χ4n) is 3.35. The molecule has 2 heterocycles. The third kappa shape index (κ3) is 7.46. The Hall–Kier alpha value is -1.67. The van der Waals surface area contributed by atoms with Crippen LogP contribution >= 0.6 is 0 Å². The summed E-state index contributed by atoms with van der Waals surface area (Å²) in [5.41, 5.74) is 2.41. The molecule has 0 aromatic heterocycles. The zero-order chi connectivity index (χ0) is 18.7. The second-order valence-corrected chi connectivity index (χ2v) is 7.12. The van der Waals surface area contributed by atoms with Crippen LogP contribution in [-0.4, -0.2) is 81.5 Å². The molecule has 2 fully saturated rings. The molecule has 27 heavy (non-hydrogen) atoms. The average molecular weight is 377 g/mol. The van der Waals surface area contributed by atoms with Crippen molar-refractivity contribution in [1.29, 1.82) is 0 Å². The highest BCUT2D eigenvalue weighted by molar-refractivity contribution is 5.73. The average Bonchev–Trinajstić information content (AvgIpc) is 2.72. The van der Waals surface area contributed by atoms with E-state index in [1.807, 2.05) is 0 Å². The van der Waals surface area contributed by atoms with Crippen molar-refractivity contribution in [3.63, 3.8) is 0 Å². The molecule has 2 amide bonds. The fraction of sp³-hybridized carbons (Fsp3) is 0.650. The van der Waals surface area contributed by atoms with E-state index >= 15 is 0 Å². The van der Waals surface area contributed by atoms with Crippen LogP contribution < -0.4 is 10.6 Å². The predicted octanol–water partition coefficient (Wildman–Crippen LogP) is 1.04. The maximum Gasteiger partial charge on any atom is 0.315 e. The van der Waals surface area contributed by atoms with Crippen molar-refractivity contribution in [1.82, 2.24) is 20.4 Å². The van der Waals surface area contributed by atoms with Gasteiger partial charge in [0, 0.05) is 45.8 Å². The summed E-state index contributed by atoms with van der Waals surface area (Å²) in [5, 5.41) is 5.86. The number of morpholine rings is 2. The number of ether oxygens (including phenoxy) is 2. The second-order valence-electron chi connectivity index (χ2n) is 7.12. The molecule has 0 saturated carbocycles. The Kier molecular flexibility index (Phi) is 8.35. The lowest BCUT2D eigenvalue weighted by Crippen LogP contribution is -2.39. The third-order valence-electron chi connectivity index (χ3n) is 5.03. The molecular formula is C20H32N4O3. The van der Waals surface area contributed by atoms with Gasteiger partial charge < -0.3 is 20.1 Å². The van der Waals surface area contributed by atoms with Crippen molar-refractivity contribution in [2.45, 2.75) is 19.5 Å². The molecule has 3 rings (SSSR count). The molecule has 1 aromatic carbocycles. The molecular weight excluding hydrogens is 344 g/mol. The maximum absolute atomic E-state index is 11.9. The molecule has 0 unspecified atom stereocenters. The summed E-state index contributed by atoms with van der Waals surface area (Å²) in [5.74, 6) is 0. The number of benzene rings is 1. The summed E-state index contributed by atoms with van der Waals surface area (Å²) >= 11 is 0. The van der Waals surface area contributed by atoms with E-state index in [4.69, 9.17) is 9.47 Å². The minimum atomic E-state index is -0.102. The van der Waals surface area contributed by atoms with Crippen molar-refractivity contribution in [2.75, 3.05) is 65.7 Å². The van der Waals surface area contributed by atoms with E-state index in [9.17, 15) is 4.79 Å². The lowest BCUT2D eigenvalue weighted by atomic mass is 10.1. The number of urea groups is 1. The Bertz CT molecular complexity index is 555. The van der Waals surface area contributed by atoms with Crippen LogP contribution in [0.25, 0.3) is 0 Å². The number of nitrogens with one attached hydrogen (secondary N) is 2. The van der Waals surface area contributed by atoms with E-state index in [1.54, 1.807) is 0 Å². The Balaban J connectivity index is 1.27. The van der Waals surface area contributed by atoms with Gasteiger partial charge in [0.25, 0.3) is 0 Å². The van der Waals surface area contributed by atoms with Crippen molar-refractivity contribution >= 4 is 6.03 Å². The van der Waals surface area contributed by atoms with Crippen LogP contribution in [0, 0.1) is 0 Å². The highest BCUT2D eigenvalue weighted by atomic mass is 16.5. The van der Waals surface area contributed by atoms with Crippen LogP contribution in [0.2, 0.25) is 0 Å². The van der Waals surface area contributed by atoms with Crippen molar-refractivity contribution in [2.24, 2.45) is 0 Å². The molecule has 7 nitrogen and oxygen atoms in total. The van der Waals surface area contributed by atoms with Crippen LogP contribution in [0.5, 0.6) is 0 Å². The standard InChI is InChI=1S/C20H32N4O3/c25-20(21-6-1-7-23-8-12-26-13-9-23)22-16-18-2-4-19(5-3-18)17-24-10-14-27-15-11-24/h2-5H,1,6-17H2,(H2,21,22,25). The first-order valence-corrected chi connectivity index (χ1v) is 9.99. The third-order valence-corrected chi connectivity index (χ3v) is 5.03. The lowest BCUT2D eigenvalue weighted by Gasteiger charge is -2.26. The molecule has 0 aliphatic carbocycles. The summed E-state index contributed by atoms with van der Waals surface area (Å²) in [7, 11) is 0. The SMILES string of the molecule is O=C(NCCCN1CCOCC1)NCc1ccc(CN2CCOCC2)cc1. The van der Waals surface area contributed by atoms with E-state index in [-0.39, 0.29) is 6.03 Å². The number of nitrogens with zero attached hydrogens (tertiary/aromatic N) is 2. The van der Waals surface area contributed by atoms with Gasteiger partial charge in [0.2, 0.25) is 0 Å². The minimum Gasteiger partial charge on any atom is -0.379 e. The second kappa shape index (κ2) is 11.2. The van der Waals surface area contributed by atoms with E-state index in [2.05, 4.69) is 44.7 Å². The van der Waals surface area contributed by atoms with Gasteiger partial charge in [-0.1, -0.05) is 24.3 Å². The molecule has 150 valence electrons. The van der Waals surface area contributed by atoms with Crippen molar-refractivity contribution in [3.05, 3.63) is 35.4 Å². The molecule has 0 atom stereocenters. The number of carbonyl (C=O) groups excluding carboxylic acids is 1. The van der Waals surface area contributed by atoms with Gasteiger partial charge in [-0.25, -0.2) is 4.79 Å². The number of rotatable bonds is 8. The van der Waals surface area contributed by atoms with E-state index < -0.39 is 0 Å². The first-order valence-electron chi connectivity index (χ1n) is 9.99. The number of hydrogen-bond acceptors (Lipinski definition) is 5. The Labute approximate surface area is 162 Å². The van der Waals surface area contributed by atoms with E-state index in [0.29, 0.717) is 13.1 Å². The Morgan fingerprint density at radius 2 is 1.44 bits per heavy atom. The lowest BCUT2D eigenvalue weighted by molar-refractivity contribution is 0.0342. The molecule has 0 radical (unpaired) electrons. The first kappa shape index (κ1) is 20.1. The van der Waals surface area contributed by atoms with E-state index in [0.717, 1.165) is 77.7 Å². The zero-order valence-electron chi connectivity index (χ0n) is 16.1. The van der Waals surface area contributed by atoms with Crippen molar-refractivity contribution in [3.8, 4) is 0 Å². The maximum atomic E-state index is 11.9. The summed E-state index contributed by atoms with van der Waals surface area (Å²) in [6, 6.07) is 8.37. The fourth-order valence-corrected chi connectivity index (χ4v) is 3.35. The highest BCUT2D eigenvalue weighted by Gasteiger charge is 2.11. The van der Waals surface area contributed by atoms with E-state index in [1.165, 1.54) is 5.56 Å². The Morgan fingerprint density at radius 1 is 0.852 bits per heavy atom. The number of carbonyl (C=O) groups is 1. The highest BCUT2D eigenvalue weighted by Crippen LogP contribution is 2.09. The minimum absolute atomic E-state index is 0.102. The number of amides is 2. The predicted molar refractivity (Wildman–Crippen MR) is 105 cm³/mol. The molecule has 2 aliphatic heterocycles. The molecule has 7 heteroatoms. The van der Waals surface area contributed by atoms with Gasteiger partial charge in [-0.15, -0.1) is 0 Å². The molecule has 0 spiro atoms. The molecule has 2 saturated heterocycles. The smallest absolute Gasteiger partial charge is 0.315 e. The summed E-state index contributed by atoms with van der Waals surface area (Å²) < 4.78 is 10.7. The summed E-state index contributed by atoms with van der Waals surface area (Å²) in [6.45, 7) is 10.5. The normalized spacial score (nSPS) is 19.0. The van der Waals surface area contributed by atoms with Crippen LogP contribution in [0.1, 0.15) is 17.5 Å². The van der Waals surface area contributed by atoms with Gasteiger partial charge in [0.15, 0.2) is 0 Å². The van der Waals surface area contributed by atoms with Crippen LogP contribution in [-0.2, 0) is 22.6 Å². The monoisotopic (exact) mass is 376 g/mol. The van der Waals surface area contributed by atoms with Gasteiger partial charge in [0.1, 0.15) is 0 Å². The quantitative estimate of drug-likeness (QED) is 0.664. The summed E-state index contributed by atoms with van der Waals surface area (Å²) in [4.78, 5) is 16.7. The van der Waals surface area contributed by atoms with Gasteiger partial charge in [-0.05, 0) is 24.1 Å². The summed E-state index contributed by atoms with van der Waals surface area (Å²) in [6.07, 6.45) is 0.962. The largest absolute Gasteiger partial charge is 0.379 e. The molecule has 1 aromatic rings. The molecule has 2 aliphatic rings. The molecule has 0 bridgehead atoms. The van der Waals surface area contributed by atoms with Crippen LogP contribution in [0.15, 0.2) is 24.3 Å². The topological polar surface area (TPSA) is 66.1 Å². The van der Waals surface area contributed by atoms with Crippen LogP contribution in [0.4, 0.5) is 4.79 Å². The first-order chi connectivity index (χ1) is 13.3. The van der Waals surface area contributed by atoms with Gasteiger partial charge in [0.05, 0.1) is 26.4 Å². The zero-order valence-corrected chi connectivity index (χ0v) is 16.1. The molecule has 2 N–H and O–H groups in total. The van der Waals surface area contributed by atoms with Gasteiger partial charge in [-0.2, -0.15) is 0 Å². The van der Waals surface area contributed by atoms with Gasteiger partial charge >= 0.3 is 6.03 Å². The van der Waals surface area contributed by atoms with Crippen LogP contribution in [0.3, 0.4) is 0 Å². The van der Waals surface area contributed by atoms with Crippen molar-refractivity contribution < 1.29 is 14.3 Å². The Morgan fingerprint density at radius 3 is 2.11 bits per heavy atom.